The van der Waals surface area contributed by atoms with Crippen LogP contribution in [0.3, 0.4) is 0 Å². The second kappa shape index (κ2) is 7.94. The number of nitrogens with zero attached hydrogens (tertiary/aromatic N) is 2. The molecule has 30 heavy (non-hydrogen) atoms. The van der Waals surface area contributed by atoms with Gasteiger partial charge in [0.2, 0.25) is 5.95 Å². The Morgan fingerprint density at radius 2 is 1.87 bits per heavy atom. The molecule has 1 fully saturated rings. The van der Waals surface area contributed by atoms with Gasteiger partial charge in [-0.3, -0.25) is 4.79 Å². The molecule has 4 rings (SSSR count). The molecular formula is C20H21F3N6O. The number of nitrogens with two attached hydrogens (primary N) is 1. The van der Waals surface area contributed by atoms with Crippen LogP contribution >= 0.6 is 0 Å². The summed E-state index contributed by atoms with van der Waals surface area (Å²) < 4.78 is 40.2. The van der Waals surface area contributed by atoms with Crippen LogP contribution in [0, 0.1) is 0 Å². The highest BCUT2D eigenvalue weighted by atomic mass is 19.4. The van der Waals surface area contributed by atoms with Crippen LogP contribution in [-0.4, -0.2) is 27.0 Å². The van der Waals surface area contributed by atoms with Crippen molar-refractivity contribution in [3.63, 3.8) is 0 Å². The van der Waals surface area contributed by atoms with Gasteiger partial charge in [-0.15, -0.1) is 0 Å². The van der Waals surface area contributed by atoms with E-state index in [4.69, 9.17) is 5.73 Å². The Hall–Kier alpha value is -3.14. The standard InChI is InChI=1S/C20H21F3N6O/c21-20(22,23)11-5-1-3-7-13(11)26-17-16-15(9-10-25-18(16)30)28-19(29-17)27-14-8-4-2-6-12(14)24/h1,3,5,7,9-10,12,14H,2,4,6,8,24H2,(H,25,30)(H2,26,27,28,29)/t12-,14?/m1/s1. The molecule has 2 heterocycles. The van der Waals surface area contributed by atoms with E-state index in [1.807, 2.05) is 0 Å². The lowest BCUT2D eigenvalue weighted by molar-refractivity contribution is -0.136. The molecule has 5 N–H and O–H groups in total. The summed E-state index contributed by atoms with van der Waals surface area (Å²) in [5.74, 6) is 0.202. The van der Waals surface area contributed by atoms with Gasteiger partial charge in [0, 0.05) is 18.3 Å². The maximum Gasteiger partial charge on any atom is 0.418 e. The number of fused-ring (bicyclic) bond motifs is 1. The third-order valence-corrected chi connectivity index (χ3v) is 5.24. The van der Waals surface area contributed by atoms with E-state index in [1.165, 1.54) is 24.4 Å². The Labute approximate surface area is 169 Å². The van der Waals surface area contributed by atoms with Crippen LogP contribution in [0.2, 0.25) is 0 Å². The zero-order valence-corrected chi connectivity index (χ0v) is 16.0. The summed E-state index contributed by atoms with van der Waals surface area (Å²) in [7, 11) is 0. The van der Waals surface area contributed by atoms with E-state index in [0.29, 0.717) is 5.52 Å². The van der Waals surface area contributed by atoms with Crippen LogP contribution in [0.5, 0.6) is 0 Å². The summed E-state index contributed by atoms with van der Waals surface area (Å²) in [6.45, 7) is 0. The van der Waals surface area contributed by atoms with E-state index in [-0.39, 0.29) is 34.9 Å². The van der Waals surface area contributed by atoms with Crippen molar-refractivity contribution >= 4 is 28.4 Å². The van der Waals surface area contributed by atoms with Gasteiger partial charge in [-0.2, -0.15) is 18.2 Å². The minimum atomic E-state index is -4.56. The zero-order valence-electron chi connectivity index (χ0n) is 16.0. The molecule has 0 radical (unpaired) electrons. The Kier molecular flexibility index (Phi) is 5.33. The number of alkyl halides is 3. The van der Waals surface area contributed by atoms with Crippen LogP contribution in [0.15, 0.2) is 41.3 Å². The summed E-state index contributed by atoms with van der Waals surface area (Å²) in [4.78, 5) is 23.6. The fraction of sp³-hybridized carbons (Fsp3) is 0.350. The van der Waals surface area contributed by atoms with E-state index in [1.54, 1.807) is 6.07 Å². The molecule has 0 aliphatic heterocycles. The number of rotatable bonds is 4. The quantitative estimate of drug-likeness (QED) is 0.514. The molecule has 2 aromatic heterocycles. The SMILES string of the molecule is N[C@@H]1CCCCC1Nc1nc(Nc2ccccc2C(F)(F)F)c2c(=O)[nH]ccc2n1. The topological polar surface area (TPSA) is 109 Å². The number of para-hydroxylation sites is 1. The lowest BCUT2D eigenvalue weighted by atomic mass is 9.91. The minimum absolute atomic E-state index is 0.00886. The second-order valence-electron chi connectivity index (χ2n) is 7.33. The largest absolute Gasteiger partial charge is 0.418 e. The molecule has 0 spiro atoms. The van der Waals surface area contributed by atoms with Gasteiger partial charge in [-0.25, -0.2) is 4.98 Å². The molecule has 2 atom stereocenters. The summed E-state index contributed by atoms with van der Waals surface area (Å²) in [6, 6.07) is 6.49. The zero-order chi connectivity index (χ0) is 21.3. The number of hydrogen-bond acceptors (Lipinski definition) is 6. The summed E-state index contributed by atoms with van der Waals surface area (Å²) in [6.07, 6.45) is 0.652. The molecule has 3 aromatic rings. The van der Waals surface area contributed by atoms with Crippen LogP contribution < -0.4 is 21.9 Å². The first-order chi connectivity index (χ1) is 14.3. The summed E-state index contributed by atoms with van der Waals surface area (Å²) in [5.41, 5.74) is 4.94. The molecular weight excluding hydrogens is 397 g/mol. The molecule has 0 bridgehead atoms. The van der Waals surface area contributed by atoms with Gasteiger partial charge in [-0.1, -0.05) is 25.0 Å². The number of aromatic amines is 1. The molecule has 10 heteroatoms. The van der Waals surface area contributed by atoms with Crippen molar-refractivity contribution in [1.29, 1.82) is 0 Å². The van der Waals surface area contributed by atoms with Crippen molar-refractivity contribution in [3.05, 3.63) is 52.4 Å². The molecule has 0 saturated heterocycles. The van der Waals surface area contributed by atoms with Gasteiger partial charge in [0.05, 0.1) is 16.8 Å². The van der Waals surface area contributed by atoms with E-state index in [0.717, 1.165) is 31.7 Å². The number of aromatic nitrogens is 3. The van der Waals surface area contributed by atoms with Crippen LogP contribution in [0.4, 0.5) is 30.6 Å². The highest BCUT2D eigenvalue weighted by Crippen LogP contribution is 2.36. The van der Waals surface area contributed by atoms with Gasteiger partial charge < -0.3 is 21.4 Å². The van der Waals surface area contributed by atoms with Crippen molar-refractivity contribution in [2.45, 2.75) is 43.9 Å². The Morgan fingerprint density at radius 1 is 1.10 bits per heavy atom. The first-order valence-electron chi connectivity index (χ1n) is 9.68. The molecule has 1 aliphatic carbocycles. The Morgan fingerprint density at radius 3 is 2.63 bits per heavy atom. The summed E-state index contributed by atoms with van der Waals surface area (Å²) in [5, 5.41) is 5.96. The number of H-pyrrole nitrogens is 1. The average Bonchev–Trinajstić information content (AvgIpc) is 2.69. The number of pyridine rings is 1. The molecule has 158 valence electrons. The van der Waals surface area contributed by atoms with Gasteiger partial charge >= 0.3 is 6.18 Å². The number of nitrogens with one attached hydrogen (secondary N) is 3. The van der Waals surface area contributed by atoms with Crippen molar-refractivity contribution < 1.29 is 13.2 Å². The maximum absolute atomic E-state index is 13.4. The minimum Gasteiger partial charge on any atom is -0.350 e. The smallest absolute Gasteiger partial charge is 0.350 e. The molecule has 0 amide bonds. The number of hydrogen-bond donors (Lipinski definition) is 4. The van der Waals surface area contributed by atoms with Crippen LogP contribution in [0.1, 0.15) is 31.2 Å². The molecule has 7 nitrogen and oxygen atoms in total. The van der Waals surface area contributed by atoms with E-state index >= 15 is 0 Å². The molecule has 1 saturated carbocycles. The number of halogens is 3. The van der Waals surface area contributed by atoms with E-state index < -0.39 is 17.3 Å². The molecule has 1 aliphatic rings. The van der Waals surface area contributed by atoms with Gasteiger partial charge in [0.1, 0.15) is 11.2 Å². The van der Waals surface area contributed by atoms with E-state index in [9.17, 15) is 18.0 Å². The lowest BCUT2D eigenvalue weighted by Gasteiger charge is -2.29. The fourth-order valence-electron chi connectivity index (χ4n) is 3.72. The number of anilines is 3. The second-order valence-corrected chi connectivity index (χ2v) is 7.33. The Bertz CT molecular complexity index is 1110. The first kappa shape index (κ1) is 20.1. The predicted molar refractivity (Wildman–Crippen MR) is 109 cm³/mol. The first-order valence-corrected chi connectivity index (χ1v) is 9.68. The van der Waals surface area contributed by atoms with Crippen molar-refractivity contribution in [3.8, 4) is 0 Å². The highest BCUT2D eigenvalue weighted by Gasteiger charge is 2.33. The third-order valence-electron chi connectivity index (χ3n) is 5.24. The Balaban J connectivity index is 1.78. The monoisotopic (exact) mass is 418 g/mol. The predicted octanol–water partition coefficient (Wildman–Crippen LogP) is 3.76. The average molecular weight is 418 g/mol. The molecule has 1 aromatic carbocycles. The van der Waals surface area contributed by atoms with Crippen molar-refractivity contribution in [1.82, 2.24) is 15.0 Å². The lowest BCUT2D eigenvalue weighted by Crippen LogP contribution is -2.43. The van der Waals surface area contributed by atoms with Gasteiger partial charge in [0.25, 0.3) is 5.56 Å². The van der Waals surface area contributed by atoms with Gasteiger partial charge in [0.15, 0.2) is 0 Å². The fourth-order valence-corrected chi connectivity index (χ4v) is 3.72. The highest BCUT2D eigenvalue weighted by molar-refractivity contribution is 5.91. The van der Waals surface area contributed by atoms with Crippen LogP contribution in [0.25, 0.3) is 10.9 Å². The van der Waals surface area contributed by atoms with Crippen molar-refractivity contribution in [2.75, 3.05) is 10.6 Å². The van der Waals surface area contributed by atoms with Gasteiger partial charge in [-0.05, 0) is 31.0 Å². The summed E-state index contributed by atoms with van der Waals surface area (Å²) >= 11 is 0. The number of benzene rings is 1. The third kappa shape index (κ3) is 4.09. The normalized spacial score (nSPS) is 19.6. The molecule has 1 unspecified atom stereocenters. The maximum atomic E-state index is 13.4. The van der Waals surface area contributed by atoms with Crippen molar-refractivity contribution in [2.24, 2.45) is 5.73 Å². The van der Waals surface area contributed by atoms with Crippen LogP contribution in [-0.2, 0) is 6.18 Å². The van der Waals surface area contributed by atoms with E-state index in [2.05, 4.69) is 25.6 Å².